The van der Waals surface area contributed by atoms with E-state index in [1.165, 1.54) is 6.33 Å². The molecule has 0 aliphatic heterocycles. The zero-order valence-electron chi connectivity index (χ0n) is 9.83. The zero-order chi connectivity index (χ0) is 12.4. The molecule has 0 saturated carbocycles. The third-order valence-electron chi connectivity index (χ3n) is 2.49. The number of nitrogens with zero attached hydrogens (tertiary/aromatic N) is 4. The van der Waals surface area contributed by atoms with Gasteiger partial charge in [-0.05, 0) is 19.1 Å². The van der Waals surface area contributed by atoms with Crippen LogP contribution in [0.25, 0.3) is 5.78 Å². The van der Waals surface area contributed by atoms with Crippen molar-refractivity contribution >= 4 is 17.3 Å². The molecule has 0 amide bonds. The number of fused-ring (bicyclic) bond motifs is 1. The molecule has 1 aromatic carbocycles. The molecule has 6 heteroatoms. The molecule has 0 unspecified atom stereocenters. The van der Waals surface area contributed by atoms with E-state index in [-0.39, 0.29) is 0 Å². The molecule has 0 aliphatic carbocycles. The van der Waals surface area contributed by atoms with Crippen molar-refractivity contribution in [1.29, 1.82) is 0 Å². The molecule has 0 bridgehead atoms. The first-order valence-corrected chi connectivity index (χ1v) is 5.57. The Morgan fingerprint density at radius 1 is 1.11 bits per heavy atom. The first-order valence-electron chi connectivity index (χ1n) is 5.57. The van der Waals surface area contributed by atoms with E-state index in [9.17, 15) is 0 Å². The molecule has 0 spiro atoms. The van der Waals surface area contributed by atoms with Crippen LogP contribution in [0.5, 0.6) is 0 Å². The van der Waals surface area contributed by atoms with Gasteiger partial charge in [0, 0.05) is 11.8 Å². The highest BCUT2D eigenvalue weighted by Crippen LogP contribution is 2.11. The number of hydrogen-bond donors (Lipinski definition) is 2. The van der Waals surface area contributed by atoms with Crippen LogP contribution in [0.3, 0.4) is 0 Å². The van der Waals surface area contributed by atoms with Crippen LogP contribution in [-0.2, 0) is 0 Å². The predicted molar refractivity (Wildman–Crippen MR) is 69.2 cm³/mol. The molecule has 90 valence electrons. The maximum absolute atomic E-state index is 4.27. The second-order valence-corrected chi connectivity index (χ2v) is 3.87. The van der Waals surface area contributed by atoms with Crippen LogP contribution in [-0.4, -0.2) is 19.6 Å². The summed E-state index contributed by atoms with van der Waals surface area (Å²) in [5, 5.41) is 4.11. The first kappa shape index (κ1) is 10.5. The fraction of sp³-hybridized carbons (Fsp3) is 0.0833. The summed E-state index contributed by atoms with van der Waals surface area (Å²) in [6.45, 7) is 1.92. The van der Waals surface area contributed by atoms with Gasteiger partial charge in [0.1, 0.15) is 6.33 Å². The number of aryl methyl sites for hydroxylation is 1. The van der Waals surface area contributed by atoms with E-state index in [1.54, 1.807) is 4.52 Å². The van der Waals surface area contributed by atoms with Gasteiger partial charge in [-0.2, -0.15) is 14.6 Å². The molecule has 0 aliphatic rings. The summed E-state index contributed by atoms with van der Waals surface area (Å²) >= 11 is 0. The molecule has 2 N–H and O–H groups in total. The minimum atomic E-state index is 0.576. The van der Waals surface area contributed by atoms with E-state index >= 15 is 0 Å². The maximum atomic E-state index is 4.27. The van der Waals surface area contributed by atoms with Crippen LogP contribution in [0.4, 0.5) is 11.5 Å². The summed E-state index contributed by atoms with van der Waals surface area (Å²) in [5.41, 5.74) is 8.06. The molecule has 2 heterocycles. The van der Waals surface area contributed by atoms with Gasteiger partial charge in [-0.3, -0.25) is 10.9 Å². The van der Waals surface area contributed by atoms with Crippen LogP contribution in [0.15, 0.2) is 42.7 Å². The monoisotopic (exact) mass is 240 g/mol. The van der Waals surface area contributed by atoms with Crippen LogP contribution < -0.4 is 10.9 Å². The minimum absolute atomic E-state index is 0.576. The Morgan fingerprint density at radius 3 is 2.78 bits per heavy atom. The predicted octanol–water partition coefficient (Wildman–Crippen LogP) is 1.87. The van der Waals surface area contributed by atoms with Gasteiger partial charge in [0.15, 0.2) is 5.82 Å². The highest BCUT2D eigenvalue weighted by Gasteiger charge is 2.04. The highest BCUT2D eigenvalue weighted by atomic mass is 15.4. The Morgan fingerprint density at radius 2 is 1.94 bits per heavy atom. The lowest BCUT2D eigenvalue weighted by molar-refractivity contribution is 0.931. The smallest absolute Gasteiger partial charge is 0.254 e. The van der Waals surface area contributed by atoms with Crippen molar-refractivity contribution in [3.63, 3.8) is 0 Å². The normalized spacial score (nSPS) is 10.5. The largest absolute Gasteiger partial charge is 0.300 e. The Hall–Kier alpha value is -2.63. The van der Waals surface area contributed by atoms with Gasteiger partial charge in [-0.15, -0.1) is 0 Å². The van der Waals surface area contributed by atoms with Gasteiger partial charge in [0.05, 0.1) is 5.69 Å². The van der Waals surface area contributed by atoms with Gasteiger partial charge in [0.2, 0.25) is 0 Å². The molecule has 6 nitrogen and oxygen atoms in total. The summed E-state index contributed by atoms with van der Waals surface area (Å²) in [6.07, 6.45) is 1.48. The fourth-order valence-corrected chi connectivity index (χ4v) is 1.68. The lowest BCUT2D eigenvalue weighted by atomic mass is 10.3. The number of benzene rings is 1. The molecule has 3 aromatic rings. The number of rotatable bonds is 3. The van der Waals surface area contributed by atoms with Gasteiger partial charge in [-0.25, -0.2) is 4.98 Å². The van der Waals surface area contributed by atoms with Gasteiger partial charge in [0.25, 0.3) is 5.78 Å². The Kier molecular flexibility index (Phi) is 2.53. The van der Waals surface area contributed by atoms with Crippen LogP contribution in [0.1, 0.15) is 5.69 Å². The zero-order valence-corrected chi connectivity index (χ0v) is 9.83. The molecule has 0 fully saturated rings. The highest BCUT2D eigenvalue weighted by molar-refractivity contribution is 5.51. The van der Waals surface area contributed by atoms with Crippen molar-refractivity contribution in [2.45, 2.75) is 6.92 Å². The average Bonchev–Trinajstić information content (AvgIpc) is 2.85. The molecular formula is C12H12N6. The number of para-hydroxylation sites is 1. The number of aromatic nitrogens is 4. The molecule has 18 heavy (non-hydrogen) atoms. The van der Waals surface area contributed by atoms with Crippen molar-refractivity contribution in [3.8, 4) is 0 Å². The summed E-state index contributed by atoms with van der Waals surface area (Å²) in [6, 6.07) is 11.7. The average molecular weight is 240 g/mol. The summed E-state index contributed by atoms with van der Waals surface area (Å²) in [5.74, 6) is 1.37. The summed E-state index contributed by atoms with van der Waals surface area (Å²) < 4.78 is 1.64. The van der Waals surface area contributed by atoms with Crippen LogP contribution in [0, 0.1) is 6.92 Å². The lowest BCUT2D eigenvalue weighted by Gasteiger charge is -2.10. The standard InChI is InChI=1S/C12H12N6/c1-9-7-11(18-12(15-9)13-8-14-18)17-16-10-5-3-2-4-6-10/h2-8,16-17H,1H3. The van der Waals surface area contributed by atoms with Crippen molar-refractivity contribution in [1.82, 2.24) is 19.6 Å². The maximum Gasteiger partial charge on any atom is 0.254 e. The summed E-state index contributed by atoms with van der Waals surface area (Å²) in [7, 11) is 0. The number of anilines is 2. The quantitative estimate of drug-likeness (QED) is 0.684. The lowest BCUT2D eigenvalue weighted by Crippen LogP contribution is -2.13. The van der Waals surface area contributed by atoms with Gasteiger partial charge in [-0.1, -0.05) is 18.2 Å². The van der Waals surface area contributed by atoms with E-state index in [0.29, 0.717) is 5.78 Å². The topological polar surface area (TPSA) is 67.1 Å². The Labute approximate surface area is 104 Å². The van der Waals surface area contributed by atoms with E-state index in [2.05, 4.69) is 25.9 Å². The Bertz CT molecular complexity index is 661. The fourth-order valence-electron chi connectivity index (χ4n) is 1.68. The van der Waals surface area contributed by atoms with Crippen molar-refractivity contribution in [2.24, 2.45) is 0 Å². The third kappa shape index (κ3) is 1.95. The van der Waals surface area contributed by atoms with Gasteiger partial charge < -0.3 is 0 Å². The third-order valence-corrected chi connectivity index (χ3v) is 2.49. The van der Waals surface area contributed by atoms with E-state index in [4.69, 9.17) is 0 Å². The second-order valence-electron chi connectivity index (χ2n) is 3.87. The van der Waals surface area contributed by atoms with E-state index < -0.39 is 0 Å². The molecule has 0 radical (unpaired) electrons. The first-order chi connectivity index (χ1) is 8.83. The summed E-state index contributed by atoms with van der Waals surface area (Å²) in [4.78, 5) is 8.34. The van der Waals surface area contributed by atoms with Crippen molar-refractivity contribution in [3.05, 3.63) is 48.4 Å². The van der Waals surface area contributed by atoms with E-state index in [1.807, 2.05) is 43.3 Å². The Balaban J connectivity index is 1.88. The van der Waals surface area contributed by atoms with Crippen molar-refractivity contribution in [2.75, 3.05) is 10.9 Å². The minimum Gasteiger partial charge on any atom is -0.300 e. The molecule has 0 saturated heterocycles. The van der Waals surface area contributed by atoms with Crippen molar-refractivity contribution < 1.29 is 0 Å². The number of nitrogens with one attached hydrogen (secondary N) is 2. The second kappa shape index (κ2) is 4.33. The molecule has 0 atom stereocenters. The molecular weight excluding hydrogens is 228 g/mol. The SMILES string of the molecule is Cc1cc(NNc2ccccc2)n2ncnc2n1. The number of hydrogen-bond acceptors (Lipinski definition) is 5. The molecule has 2 aromatic heterocycles. The van der Waals surface area contributed by atoms with Crippen LogP contribution >= 0.6 is 0 Å². The molecule has 3 rings (SSSR count). The van der Waals surface area contributed by atoms with Gasteiger partial charge >= 0.3 is 0 Å². The van der Waals surface area contributed by atoms with Crippen LogP contribution in [0.2, 0.25) is 0 Å². The van der Waals surface area contributed by atoms with E-state index in [0.717, 1.165) is 17.2 Å². The number of hydrazine groups is 1.